The molecule has 10 atom stereocenters. The van der Waals surface area contributed by atoms with Crippen LogP contribution in [0.15, 0.2) is 27.6 Å². The van der Waals surface area contributed by atoms with E-state index in [-0.39, 0.29) is 59.7 Å². The number of carbonyl (C=O) groups excluding carboxylic acids is 2. The van der Waals surface area contributed by atoms with Crippen molar-refractivity contribution >= 4 is 11.9 Å². The van der Waals surface area contributed by atoms with Crippen LogP contribution in [0.1, 0.15) is 92.0 Å². The molecule has 6 rings (SSSR count). The average Bonchev–Trinajstić information content (AvgIpc) is 3.54. The number of esters is 2. The summed E-state index contributed by atoms with van der Waals surface area (Å²) in [6.07, 6.45) is 8.73. The fourth-order valence-electron chi connectivity index (χ4n) is 9.46. The highest BCUT2D eigenvalue weighted by Crippen LogP contribution is 2.78. The topological polar surface area (TPSA) is 95.3 Å². The number of rotatable bonds is 4. The number of carbonyl (C=O) groups is 2. The molecule has 1 aliphatic heterocycles. The highest BCUT2D eigenvalue weighted by molar-refractivity contribution is 5.69. The van der Waals surface area contributed by atoms with Gasteiger partial charge in [0, 0.05) is 32.2 Å². The van der Waals surface area contributed by atoms with Crippen molar-refractivity contribution in [2.75, 3.05) is 0 Å². The second-order valence-electron chi connectivity index (χ2n) is 12.5. The maximum absolute atomic E-state index is 12.2. The van der Waals surface area contributed by atoms with Crippen molar-refractivity contribution in [1.29, 1.82) is 0 Å². The minimum Gasteiger partial charge on any atom is -0.462 e. The maximum atomic E-state index is 12.2. The molecule has 5 fully saturated rings. The first-order chi connectivity index (χ1) is 17.1. The van der Waals surface area contributed by atoms with Gasteiger partial charge in [-0.3, -0.25) is 9.59 Å². The number of hydrogen-bond donors (Lipinski definition) is 0. The van der Waals surface area contributed by atoms with Crippen LogP contribution in [0.2, 0.25) is 0 Å². The highest BCUT2D eigenvalue weighted by Gasteiger charge is 2.84. The normalized spacial score (nSPS) is 46.5. The van der Waals surface area contributed by atoms with Crippen molar-refractivity contribution in [2.24, 2.45) is 28.6 Å². The molecule has 4 aliphatic carbocycles. The fourth-order valence-corrected chi connectivity index (χ4v) is 9.46. The van der Waals surface area contributed by atoms with E-state index >= 15 is 0 Å². The number of hydrogen-bond acceptors (Lipinski definition) is 7. The largest absolute Gasteiger partial charge is 0.462 e. The van der Waals surface area contributed by atoms with Gasteiger partial charge in [0.15, 0.2) is 0 Å². The lowest BCUT2D eigenvalue weighted by Crippen LogP contribution is -2.58. The third kappa shape index (κ3) is 3.23. The van der Waals surface area contributed by atoms with E-state index in [0.29, 0.717) is 24.2 Å². The van der Waals surface area contributed by atoms with Crippen LogP contribution in [-0.4, -0.2) is 35.9 Å². The van der Waals surface area contributed by atoms with Gasteiger partial charge in [0.05, 0.1) is 6.26 Å². The Morgan fingerprint density at radius 2 is 1.89 bits per heavy atom. The van der Waals surface area contributed by atoms with E-state index in [0.717, 1.165) is 50.5 Å². The quantitative estimate of drug-likeness (QED) is 0.424. The van der Waals surface area contributed by atoms with E-state index in [1.54, 1.807) is 6.26 Å². The molecule has 198 valence electrons. The summed E-state index contributed by atoms with van der Waals surface area (Å²) in [5, 5.41) is 0. The first-order valence-electron chi connectivity index (χ1n) is 13.8. The lowest BCUT2D eigenvalue weighted by Gasteiger charge is -2.61. The molecule has 5 aliphatic rings. The van der Waals surface area contributed by atoms with E-state index in [1.807, 2.05) is 13.0 Å². The molecule has 1 spiro atoms. The zero-order valence-corrected chi connectivity index (χ0v) is 21.8. The summed E-state index contributed by atoms with van der Waals surface area (Å²) in [4.78, 5) is 35.8. The smallest absolute Gasteiger partial charge is 0.335 e. The third-order valence-electron chi connectivity index (χ3n) is 11.0. The van der Waals surface area contributed by atoms with E-state index < -0.39 is 0 Å². The summed E-state index contributed by atoms with van der Waals surface area (Å²) in [7, 11) is 0. The molecule has 0 radical (unpaired) electrons. The number of ether oxygens (including phenoxy) is 3. The Hall–Kier alpha value is -2.15. The van der Waals surface area contributed by atoms with Crippen molar-refractivity contribution < 1.29 is 29.6 Å². The average molecular weight is 501 g/mol. The van der Waals surface area contributed by atoms with Gasteiger partial charge in [-0.25, -0.2) is 4.79 Å². The SMILES string of the molecule is CCC(=O)O[C@H]1CC[C@]2(C)C3CC[C@]4(C)[C@@H](c5ccc(=O)oc5)[C@@H](OC(C)=O)[C@H]5O[C@]54[C@@H]3CC[C@@H]2C1.[HH]. The van der Waals surface area contributed by atoms with Crippen LogP contribution in [0.5, 0.6) is 0 Å². The molecule has 1 saturated heterocycles. The second-order valence-corrected chi connectivity index (χ2v) is 12.5. The lowest BCUT2D eigenvalue weighted by atomic mass is 9.44. The summed E-state index contributed by atoms with van der Waals surface area (Å²) >= 11 is 0. The fraction of sp³-hybridized carbons (Fsp3) is 0.759. The van der Waals surface area contributed by atoms with Crippen LogP contribution in [0.25, 0.3) is 0 Å². The van der Waals surface area contributed by atoms with Gasteiger partial charge in [-0.05, 0) is 79.7 Å². The van der Waals surface area contributed by atoms with Gasteiger partial charge in [0.2, 0.25) is 0 Å². The van der Waals surface area contributed by atoms with Gasteiger partial charge in [0.1, 0.15) is 23.9 Å². The first-order valence-corrected chi connectivity index (χ1v) is 13.8. The van der Waals surface area contributed by atoms with Crippen LogP contribution < -0.4 is 5.63 Å². The Morgan fingerprint density at radius 3 is 2.58 bits per heavy atom. The molecule has 36 heavy (non-hydrogen) atoms. The van der Waals surface area contributed by atoms with Gasteiger partial charge in [0.25, 0.3) is 0 Å². The summed E-state index contributed by atoms with van der Waals surface area (Å²) in [6.45, 7) is 8.08. The molecule has 2 heterocycles. The van der Waals surface area contributed by atoms with Crippen molar-refractivity contribution in [1.82, 2.24) is 0 Å². The molecule has 0 aromatic carbocycles. The number of epoxide rings is 1. The van der Waals surface area contributed by atoms with Crippen LogP contribution in [0.3, 0.4) is 0 Å². The predicted molar refractivity (Wildman–Crippen MR) is 132 cm³/mol. The monoisotopic (exact) mass is 500 g/mol. The molecular formula is C29H40O7. The minimum absolute atomic E-state index is 0. The summed E-state index contributed by atoms with van der Waals surface area (Å²) in [5.74, 6) is 1.01. The molecule has 1 unspecified atom stereocenters. The van der Waals surface area contributed by atoms with Crippen molar-refractivity contribution in [3.63, 3.8) is 0 Å². The zero-order chi connectivity index (χ0) is 25.5. The van der Waals surface area contributed by atoms with Crippen LogP contribution in [-0.2, 0) is 23.8 Å². The Balaban J connectivity index is 0.00000280. The summed E-state index contributed by atoms with van der Waals surface area (Å²) < 4.78 is 23.7. The Morgan fingerprint density at radius 1 is 1.08 bits per heavy atom. The van der Waals surface area contributed by atoms with Gasteiger partial charge in [-0.1, -0.05) is 20.8 Å². The van der Waals surface area contributed by atoms with Gasteiger partial charge in [-0.2, -0.15) is 0 Å². The van der Waals surface area contributed by atoms with Crippen LogP contribution >= 0.6 is 0 Å². The van der Waals surface area contributed by atoms with Gasteiger partial charge >= 0.3 is 17.6 Å². The molecule has 0 bridgehead atoms. The van der Waals surface area contributed by atoms with Crippen molar-refractivity contribution in [3.05, 3.63) is 34.4 Å². The van der Waals surface area contributed by atoms with E-state index in [9.17, 15) is 14.4 Å². The highest BCUT2D eigenvalue weighted by atomic mass is 16.7. The lowest BCUT2D eigenvalue weighted by molar-refractivity contribution is -0.168. The van der Waals surface area contributed by atoms with Crippen molar-refractivity contribution in [2.45, 2.75) is 109 Å². The molecule has 7 nitrogen and oxygen atoms in total. The first kappa shape index (κ1) is 24.2. The van der Waals surface area contributed by atoms with Crippen molar-refractivity contribution in [3.8, 4) is 0 Å². The molecule has 4 saturated carbocycles. The molecule has 1 aromatic heterocycles. The van der Waals surface area contributed by atoms with E-state index in [4.69, 9.17) is 18.6 Å². The molecule has 0 N–H and O–H groups in total. The van der Waals surface area contributed by atoms with Crippen LogP contribution in [0.4, 0.5) is 0 Å². The standard InChI is InChI=1S/C29H38O7.H2/c1-5-22(31)35-19-10-12-27(3)18(14-19)7-8-21-20(27)11-13-28(4)24(17-6-9-23(32)33-15-17)25(34-16(2)30)26-29(21,28)36-26;/h6,9,15,18-21,24-26H,5,7-8,10-14H2,1-4H3;1H/t18-,19+,20?,21-,24+,25-,26-,27+,28-,29-;/m1./s1. The van der Waals surface area contributed by atoms with Gasteiger partial charge in [-0.15, -0.1) is 0 Å². The third-order valence-corrected chi connectivity index (χ3v) is 11.0. The van der Waals surface area contributed by atoms with E-state index in [1.165, 1.54) is 13.0 Å². The summed E-state index contributed by atoms with van der Waals surface area (Å²) in [5.41, 5.74) is 0.193. The van der Waals surface area contributed by atoms with Crippen LogP contribution in [0, 0.1) is 28.6 Å². The summed E-state index contributed by atoms with van der Waals surface area (Å²) in [6, 6.07) is 3.29. The van der Waals surface area contributed by atoms with Gasteiger partial charge < -0.3 is 18.6 Å². The second kappa shape index (κ2) is 8.17. The Bertz CT molecular complexity index is 1110. The Labute approximate surface area is 213 Å². The molecule has 0 amide bonds. The molecular weight excluding hydrogens is 460 g/mol. The molecule has 1 aromatic rings. The molecule has 7 heteroatoms. The Kier molecular flexibility index (Phi) is 5.50. The number of fused-ring (bicyclic) bond motifs is 3. The minimum atomic E-state index is -0.381. The zero-order valence-electron chi connectivity index (χ0n) is 21.8. The van der Waals surface area contributed by atoms with E-state index in [2.05, 4.69) is 13.8 Å². The maximum Gasteiger partial charge on any atom is 0.335 e. The predicted octanol–water partition coefficient (Wildman–Crippen LogP) is 5.01.